The molecule has 0 fully saturated rings. The number of carbonyl (C=O) groups excluding carboxylic acids is 1. The summed E-state index contributed by atoms with van der Waals surface area (Å²) in [6.07, 6.45) is 5.11. The van der Waals surface area contributed by atoms with Gasteiger partial charge in [0, 0.05) is 6.20 Å². The molecule has 0 saturated carbocycles. The molecule has 7 nitrogen and oxygen atoms in total. The highest BCUT2D eigenvalue weighted by atomic mass is 16.4. The maximum absolute atomic E-state index is 12.1. The average Bonchev–Trinajstić information content (AvgIpc) is 2.90. The number of carbonyl (C=O) groups is 2. The molecule has 106 valence electrons. The molecule has 2 rings (SSSR count). The molecule has 0 aliphatic carbocycles. The van der Waals surface area contributed by atoms with Crippen LogP contribution in [-0.4, -0.2) is 37.6 Å². The molecule has 7 heteroatoms. The minimum Gasteiger partial charge on any atom is -0.480 e. The lowest BCUT2D eigenvalue weighted by Crippen LogP contribution is -2.40. The first kappa shape index (κ1) is 14.0. The van der Waals surface area contributed by atoms with E-state index < -0.39 is 17.9 Å². The molecule has 1 amide bonds. The molecular weight excluding hydrogens is 260 g/mol. The van der Waals surface area contributed by atoms with Gasteiger partial charge in [-0.25, -0.2) is 4.79 Å². The third-order valence-electron chi connectivity index (χ3n) is 3.00. The molecule has 0 aliphatic rings. The molecule has 1 atom stereocenters. The number of aliphatic carboxylic acids is 1. The van der Waals surface area contributed by atoms with E-state index in [1.807, 2.05) is 6.92 Å². The van der Waals surface area contributed by atoms with Crippen molar-refractivity contribution in [2.45, 2.75) is 32.2 Å². The molecule has 1 unspecified atom stereocenters. The van der Waals surface area contributed by atoms with Gasteiger partial charge >= 0.3 is 5.97 Å². The van der Waals surface area contributed by atoms with Crippen LogP contribution in [0.1, 0.15) is 36.5 Å². The lowest BCUT2D eigenvalue weighted by molar-refractivity contribution is -0.139. The maximum Gasteiger partial charge on any atom is 0.326 e. The number of amides is 1. The van der Waals surface area contributed by atoms with E-state index in [4.69, 9.17) is 5.11 Å². The Morgan fingerprint density at radius 3 is 2.95 bits per heavy atom. The number of hydrogen-bond donors (Lipinski definition) is 2. The Balaban J connectivity index is 2.10. The molecule has 2 aromatic heterocycles. The van der Waals surface area contributed by atoms with Gasteiger partial charge in [-0.1, -0.05) is 19.8 Å². The highest BCUT2D eigenvalue weighted by molar-refractivity contribution is 5.96. The van der Waals surface area contributed by atoms with Gasteiger partial charge in [-0.05, 0) is 18.6 Å². The third kappa shape index (κ3) is 3.11. The van der Waals surface area contributed by atoms with Crippen molar-refractivity contribution in [2.75, 3.05) is 0 Å². The van der Waals surface area contributed by atoms with Crippen molar-refractivity contribution < 1.29 is 14.7 Å². The van der Waals surface area contributed by atoms with Gasteiger partial charge < -0.3 is 10.4 Å². The zero-order chi connectivity index (χ0) is 14.5. The van der Waals surface area contributed by atoms with Gasteiger partial charge in [-0.15, -0.1) is 10.2 Å². The van der Waals surface area contributed by atoms with Crippen molar-refractivity contribution in [1.82, 2.24) is 19.9 Å². The van der Waals surface area contributed by atoms with Gasteiger partial charge in [0.25, 0.3) is 5.91 Å². The van der Waals surface area contributed by atoms with Crippen molar-refractivity contribution in [2.24, 2.45) is 0 Å². The number of aromatic nitrogens is 3. The van der Waals surface area contributed by atoms with Crippen molar-refractivity contribution >= 4 is 17.5 Å². The monoisotopic (exact) mass is 276 g/mol. The summed E-state index contributed by atoms with van der Waals surface area (Å²) in [5.74, 6) is -1.43. The number of carboxylic acids is 1. The second kappa shape index (κ2) is 6.14. The van der Waals surface area contributed by atoms with E-state index in [-0.39, 0.29) is 0 Å². The average molecular weight is 276 g/mol. The molecule has 2 heterocycles. The Morgan fingerprint density at radius 2 is 2.25 bits per heavy atom. The van der Waals surface area contributed by atoms with Crippen molar-refractivity contribution in [3.05, 3.63) is 30.2 Å². The van der Waals surface area contributed by atoms with E-state index in [1.54, 1.807) is 22.7 Å². The molecule has 2 aromatic rings. The lowest BCUT2D eigenvalue weighted by Gasteiger charge is -2.14. The van der Waals surface area contributed by atoms with E-state index in [0.29, 0.717) is 17.6 Å². The second-order valence-electron chi connectivity index (χ2n) is 4.52. The van der Waals surface area contributed by atoms with E-state index in [1.165, 1.54) is 6.33 Å². The van der Waals surface area contributed by atoms with Crippen molar-refractivity contribution in [1.29, 1.82) is 0 Å². The predicted molar refractivity (Wildman–Crippen MR) is 71.4 cm³/mol. The van der Waals surface area contributed by atoms with Crippen LogP contribution in [0.25, 0.3) is 5.65 Å². The summed E-state index contributed by atoms with van der Waals surface area (Å²) in [6.45, 7) is 1.97. The summed E-state index contributed by atoms with van der Waals surface area (Å²) in [5.41, 5.74) is 1.00. The van der Waals surface area contributed by atoms with Crippen LogP contribution in [0, 0.1) is 0 Å². The molecule has 20 heavy (non-hydrogen) atoms. The molecule has 2 N–H and O–H groups in total. The Morgan fingerprint density at radius 1 is 1.45 bits per heavy atom. The van der Waals surface area contributed by atoms with Crippen molar-refractivity contribution in [3.8, 4) is 0 Å². The Bertz CT molecular complexity index is 623. The number of rotatable bonds is 6. The van der Waals surface area contributed by atoms with E-state index in [9.17, 15) is 9.59 Å². The Kier molecular flexibility index (Phi) is 4.29. The van der Waals surface area contributed by atoms with E-state index >= 15 is 0 Å². The van der Waals surface area contributed by atoms with Crippen LogP contribution in [0.5, 0.6) is 0 Å². The highest BCUT2D eigenvalue weighted by Crippen LogP contribution is 2.06. The number of hydrogen-bond acceptors (Lipinski definition) is 4. The number of nitrogens with zero attached hydrogens (tertiary/aromatic N) is 3. The van der Waals surface area contributed by atoms with Crippen LogP contribution in [0.15, 0.2) is 24.7 Å². The summed E-state index contributed by atoms with van der Waals surface area (Å²) in [6, 6.07) is 2.39. The minimum absolute atomic E-state index is 0.375. The van der Waals surface area contributed by atoms with Gasteiger partial charge in [0.15, 0.2) is 5.65 Å². The molecular formula is C13H16N4O3. The van der Waals surface area contributed by atoms with Gasteiger partial charge in [0.1, 0.15) is 12.4 Å². The van der Waals surface area contributed by atoms with Crippen molar-refractivity contribution in [3.63, 3.8) is 0 Å². The number of fused-ring (bicyclic) bond motifs is 1. The summed E-state index contributed by atoms with van der Waals surface area (Å²) in [7, 11) is 0. The zero-order valence-corrected chi connectivity index (χ0v) is 11.1. The van der Waals surface area contributed by atoms with E-state index in [2.05, 4.69) is 15.5 Å². The molecule has 0 aromatic carbocycles. The number of nitrogens with one attached hydrogen (secondary N) is 1. The first-order valence-electron chi connectivity index (χ1n) is 6.45. The molecule has 0 saturated heterocycles. The van der Waals surface area contributed by atoms with Crippen LogP contribution in [0.3, 0.4) is 0 Å². The lowest BCUT2D eigenvalue weighted by atomic mass is 10.1. The zero-order valence-electron chi connectivity index (χ0n) is 11.1. The topological polar surface area (TPSA) is 96.6 Å². The van der Waals surface area contributed by atoms with Crippen LogP contribution < -0.4 is 5.32 Å². The molecule has 0 aliphatic heterocycles. The fourth-order valence-electron chi connectivity index (χ4n) is 1.87. The summed E-state index contributed by atoms with van der Waals surface area (Å²) < 4.78 is 1.61. The SMILES string of the molecule is CCCCC(NC(=O)c1ccc2nncn2c1)C(=O)O. The maximum atomic E-state index is 12.1. The van der Waals surface area contributed by atoms with Crippen LogP contribution >= 0.6 is 0 Å². The Labute approximate surface area is 115 Å². The van der Waals surface area contributed by atoms with Crippen LogP contribution in [-0.2, 0) is 4.79 Å². The fraction of sp³-hybridized carbons (Fsp3) is 0.385. The third-order valence-corrected chi connectivity index (χ3v) is 3.00. The normalized spacial score (nSPS) is 12.2. The van der Waals surface area contributed by atoms with Crippen LogP contribution in [0.2, 0.25) is 0 Å². The summed E-state index contributed by atoms with van der Waals surface area (Å²) in [4.78, 5) is 23.2. The highest BCUT2D eigenvalue weighted by Gasteiger charge is 2.20. The first-order valence-corrected chi connectivity index (χ1v) is 6.45. The second-order valence-corrected chi connectivity index (χ2v) is 4.52. The van der Waals surface area contributed by atoms with Gasteiger partial charge in [-0.3, -0.25) is 9.20 Å². The van der Waals surface area contributed by atoms with E-state index in [0.717, 1.165) is 12.8 Å². The quantitative estimate of drug-likeness (QED) is 0.823. The number of unbranched alkanes of at least 4 members (excludes halogenated alkanes) is 1. The Hall–Kier alpha value is -2.44. The predicted octanol–water partition coefficient (Wildman–Crippen LogP) is 1.10. The standard InChI is InChI=1S/C13H16N4O3/c1-2-3-4-10(13(19)20)15-12(18)9-5-6-11-16-14-8-17(11)7-9/h5-8,10H,2-4H2,1H3,(H,15,18)(H,19,20). The van der Waals surface area contributed by atoms with Crippen LogP contribution in [0.4, 0.5) is 0 Å². The number of pyridine rings is 1. The summed E-state index contributed by atoms with van der Waals surface area (Å²) in [5, 5.41) is 19.2. The minimum atomic E-state index is -1.02. The first-order chi connectivity index (χ1) is 9.61. The van der Waals surface area contributed by atoms with Gasteiger partial charge in [0.2, 0.25) is 0 Å². The molecule has 0 radical (unpaired) electrons. The van der Waals surface area contributed by atoms with Gasteiger partial charge in [-0.2, -0.15) is 0 Å². The number of carboxylic acid groups (broad SMARTS) is 1. The smallest absolute Gasteiger partial charge is 0.326 e. The van der Waals surface area contributed by atoms with Gasteiger partial charge in [0.05, 0.1) is 5.56 Å². The molecule has 0 bridgehead atoms. The largest absolute Gasteiger partial charge is 0.480 e. The molecule has 0 spiro atoms. The fourth-order valence-corrected chi connectivity index (χ4v) is 1.87. The summed E-state index contributed by atoms with van der Waals surface area (Å²) >= 11 is 0.